The predicted molar refractivity (Wildman–Crippen MR) is 46.9 cm³/mol. The molecule has 1 aromatic carbocycles. The van der Waals surface area contributed by atoms with Gasteiger partial charge in [-0.15, -0.1) is 6.58 Å². The smallest absolute Gasteiger partial charge is 0.206 e. The van der Waals surface area contributed by atoms with E-state index in [9.17, 15) is 9.50 Å². The maximum absolute atomic E-state index is 12.9. The van der Waals surface area contributed by atoms with Crippen LogP contribution in [0.25, 0.3) is 0 Å². The highest BCUT2D eigenvalue weighted by Gasteiger charge is 2.14. The first-order valence-corrected chi connectivity index (χ1v) is 3.66. The van der Waals surface area contributed by atoms with Crippen molar-refractivity contribution in [2.45, 2.75) is 6.04 Å². The molecule has 1 aromatic rings. The van der Waals surface area contributed by atoms with Gasteiger partial charge in [-0.05, 0) is 12.1 Å². The van der Waals surface area contributed by atoms with Crippen molar-refractivity contribution >= 4 is 0 Å². The highest BCUT2D eigenvalue weighted by atomic mass is 19.1. The second-order valence-electron chi connectivity index (χ2n) is 2.60. The third-order valence-electron chi connectivity index (χ3n) is 1.74. The molecule has 0 saturated heterocycles. The molecule has 70 valence electrons. The van der Waals surface area contributed by atoms with E-state index >= 15 is 0 Å². The molecule has 0 fully saturated rings. The first-order valence-electron chi connectivity index (χ1n) is 3.66. The monoisotopic (exact) mass is 183 g/mol. The van der Waals surface area contributed by atoms with Crippen molar-refractivity contribution in [1.82, 2.24) is 0 Å². The summed E-state index contributed by atoms with van der Waals surface area (Å²) >= 11 is 0. The van der Waals surface area contributed by atoms with Gasteiger partial charge >= 0.3 is 0 Å². The van der Waals surface area contributed by atoms with Gasteiger partial charge < -0.3 is 15.9 Å². The topological polar surface area (TPSA) is 66.5 Å². The van der Waals surface area contributed by atoms with Crippen molar-refractivity contribution in [3.63, 3.8) is 0 Å². The SMILES string of the molecule is C=CC(N)c1ccc(O)c(F)c1O. The van der Waals surface area contributed by atoms with Crippen LogP contribution in [-0.2, 0) is 0 Å². The quantitative estimate of drug-likeness (QED) is 0.607. The zero-order valence-electron chi connectivity index (χ0n) is 6.87. The number of halogens is 1. The summed E-state index contributed by atoms with van der Waals surface area (Å²) < 4.78 is 12.9. The largest absolute Gasteiger partial charge is 0.505 e. The minimum atomic E-state index is -1.06. The van der Waals surface area contributed by atoms with Crippen molar-refractivity contribution < 1.29 is 14.6 Å². The number of nitrogens with two attached hydrogens (primary N) is 1. The molecule has 1 atom stereocenters. The summed E-state index contributed by atoms with van der Waals surface area (Å²) in [5, 5.41) is 18.1. The van der Waals surface area contributed by atoms with E-state index in [4.69, 9.17) is 10.8 Å². The highest BCUT2D eigenvalue weighted by molar-refractivity contribution is 5.43. The fraction of sp³-hybridized carbons (Fsp3) is 0.111. The van der Waals surface area contributed by atoms with Crippen molar-refractivity contribution in [3.8, 4) is 11.5 Å². The van der Waals surface area contributed by atoms with Gasteiger partial charge in [0.1, 0.15) is 0 Å². The summed E-state index contributed by atoms with van der Waals surface area (Å²) in [6.45, 7) is 3.41. The number of phenols is 2. The average Bonchev–Trinajstić information content (AvgIpc) is 2.13. The van der Waals surface area contributed by atoms with Gasteiger partial charge in [0.05, 0.1) is 6.04 Å². The molecule has 3 nitrogen and oxygen atoms in total. The molecule has 0 bridgehead atoms. The van der Waals surface area contributed by atoms with Gasteiger partial charge in [-0.1, -0.05) is 6.08 Å². The lowest BCUT2D eigenvalue weighted by atomic mass is 10.1. The van der Waals surface area contributed by atoms with Crippen molar-refractivity contribution in [2.75, 3.05) is 0 Å². The molecule has 0 aliphatic heterocycles. The number of benzene rings is 1. The summed E-state index contributed by atoms with van der Waals surface area (Å²) in [5.74, 6) is -2.29. The molecule has 0 aliphatic rings. The van der Waals surface area contributed by atoms with Crippen LogP contribution >= 0.6 is 0 Å². The van der Waals surface area contributed by atoms with E-state index in [1.54, 1.807) is 0 Å². The van der Waals surface area contributed by atoms with Crippen LogP contribution in [0, 0.1) is 5.82 Å². The predicted octanol–water partition coefficient (Wildman–Crippen LogP) is 1.42. The summed E-state index contributed by atoms with van der Waals surface area (Å²) in [5.41, 5.74) is 5.69. The minimum Gasteiger partial charge on any atom is -0.505 e. The third-order valence-corrected chi connectivity index (χ3v) is 1.74. The Balaban J connectivity index is 3.25. The second-order valence-corrected chi connectivity index (χ2v) is 2.60. The fourth-order valence-electron chi connectivity index (χ4n) is 0.965. The van der Waals surface area contributed by atoms with Crippen LogP contribution < -0.4 is 5.73 Å². The number of hydrogen-bond acceptors (Lipinski definition) is 3. The first-order chi connectivity index (χ1) is 6.07. The van der Waals surface area contributed by atoms with Gasteiger partial charge in [-0.2, -0.15) is 4.39 Å². The maximum atomic E-state index is 12.9. The molecule has 0 aliphatic carbocycles. The third kappa shape index (κ3) is 1.62. The van der Waals surface area contributed by atoms with E-state index in [1.807, 2.05) is 0 Å². The maximum Gasteiger partial charge on any atom is 0.206 e. The van der Waals surface area contributed by atoms with Crippen LogP contribution in [-0.4, -0.2) is 10.2 Å². The van der Waals surface area contributed by atoms with Crippen LogP contribution in [0.15, 0.2) is 24.8 Å². The number of aromatic hydroxyl groups is 2. The van der Waals surface area contributed by atoms with Crippen LogP contribution in [0.4, 0.5) is 4.39 Å². The van der Waals surface area contributed by atoms with Crippen molar-refractivity contribution in [1.29, 1.82) is 0 Å². The van der Waals surface area contributed by atoms with Crippen LogP contribution in [0.5, 0.6) is 11.5 Å². The Morgan fingerprint density at radius 2 is 2.08 bits per heavy atom. The Kier molecular flexibility index (Phi) is 2.53. The van der Waals surface area contributed by atoms with Gasteiger partial charge in [0, 0.05) is 5.56 Å². The lowest BCUT2D eigenvalue weighted by molar-refractivity contribution is 0.384. The molecular weight excluding hydrogens is 173 g/mol. The molecule has 1 rings (SSSR count). The van der Waals surface area contributed by atoms with Crippen LogP contribution in [0.1, 0.15) is 11.6 Å². The Bertz CT molecular complexity index is 339. The van der Waals surface area contributed by atoms with E-state index in [2.05, 4.69) is 6.58 Å². The highest BCUT2D eigenvalue weighted by Crippen LogP contribution is 2.31. The summed E-state index contributed by atoms with van der Waals surface area (Å²) in [7, 11) is 0. The van der Waals surface area contributed by atoms with Gasteiger partial charge in [-0.3, -0.25) is 0 Å². The van der Waals surface area contributed by atoms with Crippen molar-refractivity contribution in [3.05, 3.63) is 36.2 Å². The molecule has 0 aromatic heterocycles. The molecular formula is C9H10FNO2. The molecule has 0 heterocycles. The van der Waals surface area contributed by atoms with Crippen molar-refractivity contribution in [2.24, 2.45) is 5.73 Å². The minimum absolute atomic E-state index is 0.199. The van der Waals surface area contributed by atoms with Gasteiger partial charge in [0.25, 0.3) is 0 Å². The number of hydrogen-bond donors (Lipinski definition) is 3. The molecule has 1 unspecified atom stereocenters. The average molecular weight is 183 g/mol. The Labute approximate surface area is 74.9 Å². The first kappa shape index (κ1) is 9.54. The van der Waals surface area contributed by atoms with E-state index < -0.39 is 23.4 Å². The normalized spacial score (nSPS) is 12.5. The molecule has 4 heteroatoms. The molecule has 0 spiro atoms. The van der Waals surface area contributed by atoms with E-state index in [0.29, 0.717) is 0 Å². The van der Waals surface area contributed by atoms with Gasteiger partial charge in [0.15, 0.2) is 11.5 Å². The molecule has 13 heavy (non-hydrogen) atoms. The molecule has 0 saturated carbocycles. The van der Waals surface area contributed by atoms with E-state index in [1.165, 1.54) is 12.1 Å². The zero-order chi connectivity index (χ0) is 10.0. The standard InChI is InChI=1S/C9H10FNO2/c1-2-6(11)5-3-4-7(12)8(10)9(5)13/h2-4,6,12-13H,1,11H2. The lowest BCUT2D eigenvalue weighted by Crippen LogP contribution is -2.07. The molecule has 4 N–H and O–H groups in total. The van der Waals surface area contributed by atoms with E-state index in [0.717, 1.165) is 6.07 Å². The summed E-state index contributed by atoms with van der Waals surface area (Å²) in [4.78, 5) is 0. The fourth-order valence-corrected chi connectivity index (χ4v) is 0.965. The lowest BCUT2D eigenvalue weighted by Gasteiger charge is -2.09. The summed E-state index contributed by atoms with van der Waals surface area (Å²) in [6.07, 6.45) is 1.37. The molecule has 0 amide bonds. The number of phenolic OH excluding ortho intramolecular Hbond substituents is 2. The molecule has 0 radical (unpaired) electrons. The Hall–Kier alpha value is -1.55. The van der Waals surface area contributed by atoms with E-state index in [-0.39, 0.29) is 5.56 Å². The van der Waals surface area contributed by atoms with Gasteiger partial charge in [-0.25, -0.2) is 0 Å². The number of rotatable bonds is 2. The van der Waals surface area contributed by atoms with Crippen LogP contribution in [0.3, 0.4) is 0 Å². The van der Waals surface area contributed by atoms with Crippen LogP contribution in [0.2, 0.25) is 0 Å². The second kappa shape index (κ2) is 3.45. The Morgan fingerprint density at radius 1 is 1.46 bits per heavy atom. The van der Waals surface area contributed by atoms with Gasteiger partial charge in [0.2, 0.25) is 5.82 Å². The zero-order valence-corrected chi connectivity index (χ0v) is 6.87. The Morgan fingerprint density at radius 3 is 2.62 bits per heavy atom. The summed E-state index contributed by atoms with van der Waals surface area (Å²) in [6, 6.07) is 1.84.